The standard InChI is InChI=1S/C8H15NO2.C2H6/c1-9-4-2-3-8(7-9)10-5-6-11-8;1-2/h2-7H2,1H3;1-2H3. The number of ether oxygens (including phenoxy) is 2. The van der Waals surface area contributed by atoms with E-state index in [1.807, 2.05) is 13.8 Å². The molecule has 0 radical (unpaired) electrons. The lowest BCUT2D eigenvalue weighted by Crippen LogP contribution is -2.47. The van der Waals surface area contributed by atoms with Crippen molar-refractivity contribution in [1.82, 2.24) is 4.90 Å². The first-order chi connectivity index (χ1) is 6.31. The molecule has 13 heavy (non-hydrogen) atoms. The van der Waals surface area contributed by atoms with Gasteiger partial charge in [-0.2, -0.15) is 0 Å². The zero-order chi connectivity index (χ0) is 9.73. The molecule has 2 heterocycles. The van der Waals surface area contributed by atoms with E-state index in [1.165, 1.54) is 13.0 Å². The molecule has 3 heteroatoms. The predicted octanol–water partition coefficient (Wildman–Crippen LogP) is 1.48. The summed E-state index contributed by atoms with van der Waals surface area (Å²) in [6, 6.07) is 0. The van der Waals surface area contributed by atoms with Crippen LogP contribution in [0.4, 0.5) is 0 Å². The lowest BCUT2D eigenvalue weighted by Gasteiger charge is -2.36. The Bertz CT molecular complexity index is 144. The molecule has 2 aliphatic rings. The van der Waals surface area contributed by atoms with Gasteiger partial charge in [0.25, 0.3) is 0 Å². The van der Waals surface area contributed by atoms with Gasteiger partial charge < -0.3 is 14.4 Å². The molecule has 2 saturated heterocycles. The second-order valence-electron chi connectivity index (χ2n) is 3.45. The third-order valence-electron chi connectivity index (χ3n) is 2.42. The molecule has 3 nitrogen and oxygen atoms in total. The molecule has 78 valence electrons. The molecular weight excluding hydrogens is 166 g/mol. The normalized spacial score (nSPS) is 27.0. The summed E-state index contributed by atoms with van der Waals surface area (Å²) in [6.45, 7) is 7.66. The SMILES string of the molecule is CC.CN1CCCC2(C1)OCCO2. The first-order valence-electron chi connectivity index (χ1n) is 5.27. The van der Waals surface area contributed by atoms with Crippen LogP contribution in [0.5, 0.6) is 0 Å². The van der Waals surface area contributed by atoms with Crippen molar-refractivity contribution in [2.75, 3.05) is 33.4 Å². The first-order valence-corrected chi connectivity index (χ1v) is 5.27. The maximum absolute atomic E-state index is 5.59. The Hall–Kier alpha value is -0.120. The number of likely N-dealkylation sites (N-methyl/N-ethyl adjacent to an activating group) is 1. The van der Waals surface area contributed by atoms with Crippen molar-refractivity contribution in [3.8, 4) is 0 Å². The summed E-state index contributed by atoms with van der Waals surface area (Å²) in [5.74, 6) is -0.229. The molecule has 2 aliphatic heterocycles. The van der Waals surface area contributed by atoms with Gasteiger partial charge >= 0.3 is 0 Å². The third-order valence-corrected chi connectivity index (χ3v) is 2.42. The number of hydrogen-bond acceptors (Lipinski definition) is 3. The Balaban J connectivity index is 0.000000396. The van der Waals surface area contributed by atoms with Crippen molar-refractivity contribution >= 4 is 0 Å². The average molecular weight is 187 g/mol. The van der Waals surface area contributed by atoms with E-state index in [0.717, 1.165) is 26.2 Å². The highest BCUT2D eigenvalue weighted by Gasteiger charge is 2.39. The fourth-order valence-electron chi connectivity index (χ4n) is 1.92. The molecule has 0 bridgehead atoms. The highest BCUT2D eigenvalue weighted by molar-refractivity contribution is 4.82. The molecule has 0 aromatic rings. The molecule has 0 aliphatic carbocycles. The second kappa shape index (κ2) is 4.94. The van der Waals surface area contributed by atoms with Gasteiger partial charge in [0.1, 0.15) is 0 Å². The summed E-state index contributed by atoms with van der Waals surface area (Å²) in [6.07, 6.45) is 2.26. The van der Waals surface area contributed by atoms with Crippen LogP contribution in [0, 0.1) is 0 Å². The molecule has 0 aromatic carbocycles. The fourth-order valence-corrected chi connectivity index (χ4v) is 1.92. The minimum atomic E-state index is -0.229. The maximum atomic E-state index is 5.59. The molecule has 0 unspecified atom stereocenters. The Labute approximate surface area is 81.0 Å². The number of piperidine rings is 1. The molecule has 1 spiro atoms. The zero-order valence-electron chi connectivity index (χ0n) is 9.01. The summed E-state index contributed by atoms with van der Waals surface area (Å²) in [5, 5.41) is 0. The van der Waals surface area contributed by atoms with Crippen molar-refractivity contribution in [3.63, 3.8) is 0 Å². The number of likely N-dealkylation sites (tertiary alicyclic amines) is 1. The zero-order valence-corrected chi connectivity index (χ0v) is 9.01. The average Bonchev–Trinajstić information content (AvgIpc) is 2.56. The van der Waals surface area contributed by atoms with Crippen LogP contribution in [-0.4, -0.2) is 44.0 Å². The molecule has 0 saturated carbocycles. The summed E-state index contributed by atoms with van der Waals surface area (Å²) < 4.78 is 11.2. The van der Waals surface area contributed by atoms with Crippen LogP contribution in [0.15, 0.2) is 0 Å². The minimum absolute atomic E-state index is 0.229. The quantitative estimate of drug-likeness (QED) is 0.573. The second-order valence-corrected chi connectivity index (χ2v) is 3.45. The van der Waals surface area contributed by atoms with E-state index >= 15 is 0 Å². The monoisotopic (exact) mass is 187 g/mol. The highest BCUT2D eigenvalue weighted by atomic mass is 16.7. The van der Waals surface area contributed by atoms with Gasteiger partial charge in [0.2, 0.25) is 0 Å². The molecular formula is C10H21NO2. The lowest BCUT2D eigenvalue weighted by atomic mass is 10.1. The van der Waals surface area contributed by atoms with Gasteiger partial charge in [-0.1, -0.05) is 13.8 Å². The smallest absolute Gasteiger partial charge is 0.181 e. The first kappa shape index (κ1) is 11.0. The van der Waals surface area contributed by atoms with Crippen LogP contribution in [0.2, 0.25) is 0 Å². The van der Waals surface area contributed by atoms with Gasteiger partial charge in [0.05, 0.1) is 19.8 Å². The Morgan fingerprint density at radius 2 is 1.77 bits per heavy atom. The lowest BCUT2D eigenvalue weighted by molar-refractivity contribution is -0.186. The minimum Gasteiger partial charge on any atom is -0.346 e. The van der Waals surface area contributed by atoms with Crippen LogP contribution < -0.4 is 0 Å². The van der Waals surface area contributed by atoms with E-state index < -0.39 is 0 Å². The van der Waals surface area contributed by atoms with Crippen LogP contribution in [0.3, 0.4) is 0 Å². The summed E-state index contributed by atoms with van der Waals surface area (Å²) in [4.78, 5) is 2.27. The summed E-state index contributed by atoms with van der Waals surface area (Å²) >= 11 is 0. The van der Waals surface area contributed by atoms with Gasteiger partial charge in [-0.3, -0.25) is 0 Å². The fraction of sp³-hybridized carbons (Fsp3) is 1.00. The van der Waals surface area contributed by atoms with Gasteiger partial charge in [-0.05, 0) is 20.0 Å². The van der Waals surface area contributed by atoms with E-state index in [-0.39, 0.29) is 5.79 Å². The number of nitrogens with zero attached hydrogens (tertiary/aromatic N) is 1. The molecule has 0 amide bonds. The Kier molecular flexibility index (Phi) is 4.16. The molecule has 2 fully saturated rings. The van der Waals surface area contributed by atoms with Gasteiger partial charge in [0.15, 0.2) is 5.79 Å². The molecule has 0 aromatic heterocycles. The topological polar surface area (TPSA) is 21.7 Å². The van der Waals surface area contributed by atoms with E-state index in [9.17, 15) is 0 Å². The van der Waals surface area contributed by atoms with E-state index in [0.29, 0.717) is 0 Å². The van der Waals surface area contributed by atoms with Crippen LogP contribution in [0.1, 0.15) is 26.7 Å². The van der Waals surface area contributed by atoms with Crippen LogP contribution >= 0.6 is 0 Å². The van der Waals surface area contributed by atoms with Crippen molar-refractivity contribution in [2.45, 2.75) is 32.5 Å². The van der Waals surface area contributed by atoms with Crippen molar-refractivity contribution in [2.24, 2.45) is 0 Å². The van der Waals surface area contributed by atoms with Crippen LogP contribution in [-0.2, 0) is 9.47 Å². The van der Waals surface area contributed by atoms with E-state index in [4.69, 9.17) is 9.47 Å². The van der Waals surface area contributed by atoms with Crippen LogP contribution in [0.25, 0.3) is 0 Å². The van der Waals surface area contributed by atoms with Crippen molar-refractivity contribution in [1.29, 1.82) is 0 Å². The van der Waals surface area contributed by atoms with Gasteiger partial charge in [-0.15, -0.1) is 0 Å². The largest absolute Gasteiger partial charge is 0.346 e. The maximum Gasteiger partial charge on any atom is 0.181 e. The third kappa shape index (κ3) is 2.66. The van der Waals surface area contributed by atoms with Gasteiger partial charge in [0, 0.05) is 6.42 Å². The highest BCUT2D eigenvalue weighted by Crippen LogP contribution is 2.28. The molecule has 2 rings (SSSR count). The van der Waals surface area contributed by atoms with Gasteiger partial charge in [-0.25, -0.2) is 0 Å². The van der Waals surface area contributed by atoms with E-state index in [2.05, 4.69) is 11.9 Å². The summed E-state index contributed by atoms with van der Waals surface area (Å²) in [5.41, 5.74) is 0. The Morgan fingerprint density at radius 3 is 2.31 bits per heavy atom. The van der Waals surface area contributed by atoms with E-state index in [1.54, 1.807) is 0 Å². The van der Waals surface area contributed by atoms with Crippen molar-refractivity contribution < 1.29 is 9.47 Å². The predicted molar refractivity (Wildman–Crippen MR) is 52.7 cm³/mol. The van der Waals surface area contributed by atoms with Crippen molar-refractivity contribution in [3.05, 3.63) is 0 Å². The number of rotatable bonds is 0. The Morgan fingerprint density at radius 1 is 1.15 bits per heavy atom. The molecule has 0 atom stereocenters. The summed E-state index contributed by atoms with van der Waals surface area (Å²) in [7, 11) is 2.12. The number of hydrogen-bond donors (Lipinski definition) is 0. The molecule has 0 N–H and O–H groups in total.